The Hall–Kier alpha value is -4.28. The molecule has 0 fully saturated rings. The van der Waals surface area contributed by atoms with Gasteiger partial charge in [0.15, 0.2) is 12.2 Å². The van der Waals surface area contributed by atoms with Crippen molar-refractivity contribution < 1.29 is 80.2 Å². The monoisotopic (exact) mass is 1470 g/mol. The van der Waals surface area contributed by atoms with Crippen molar-refractivity contribution in [3.63, 3.8) is 0 Å². The van der Waals surface area contributed by atoms with E-state index in [4.69, 9.17) is 37.0 Å². The lowest BCUT2D eigenvalue weighted by molar-refractivity contribution is -0.161. The van der Waals surface area contributed by atoms with Crippen LogP contribution in [0.25, 0.3) is 0 Å². The molecule has 17 nitrogen and oxygen atoms in total. The summed E-state index contributed by atoms with van der Waals surface area (Å²) in [5.41, 5.74) is 0. The van der Waals surface area contributed by atoms with Gasteiger partial charge in [0.2, 0.25) is 0 Å². The van der Waals surface area contributed by atoms with Crippen molar-refractivity contribution in [1.82, 2.24) is 0 Å². The average molecular weight is 1480 g/mol. The van der Waals surface area contributed by atoms with Crippen LogP contribution < -0.4 is 0 Å². The maximum Gasteiger partial charge on any atom is 0.472 e. The predicted molar refractivity (Wildman–Crippen MR) is 418 cm³/mol. The molecule has 0 spiro atoms. The second kappa shape index (κ2) is 75.0. The molecule has 3 N–H and O–H groups in total. The summed E-state index contributed by atoms with van der Waals surface area (Å²) in [6, 6.07) is 0. The maximum atomic E-state index is 13.1. The average Bonchev–Trinajstić information content (AvgIpc) is 0.921. The number of allylic oxidation sites excluding steroid dienone is 18. The first-order valence-electron chi connectivity index (χ1n) is 40.1. The molecule has 0 rings (SSSR count). The first-order chi connectivity index (χ1) is 49.7. The molecule has 0 bridgehead atoms. The summed E-state index contributed by atoms with van der Waals surface area (Å²) < 4.78 is 68.6. The largest absolute Gasteiger partial charge is 0.472 e. The molecule has 0 amide bonds. The number of hydrogen-bond donors (Lipinski definition) is 3. The smallest absolute Gasteiger partial charge is 0.462 e. The Morgan fingerprint density at radius 2 is 0.510 bits per heavy atom. The predicted octanol–water partition coefficient (Wildman–Crippen LogP) is 23.3. The van der Waals surface area contributed by atoms with Crippen LogP contribution in [-0.4, -0.2) is 96.7 Å². The van der Waals surface area contributed by atoms with E-state index in [1.54, 1.807) is 0 Å². The lowest BCUT2D eigenvalue weighted by Crippen LogP contribution is -2.30. The van der Waals surface area contributed by atoms with E-state index < -0.39 is 97.5 Å². The lowest BCUT2D eigenvalue weighted by atomic mass is 10.1. The number of rotatable bonds is 75. The van der Waals surface area contributed by atoms with Gasteiger partial charge < -0.3 is 33.8 Å². The fourth-order valence-corrected chi connectivity index (χ4v) is 12.2. The molecule has 0 heterocycles. The third kappa shape index (κ3) is 74.0. The minimum absolute atomic E-state index is 0.0748. The summed E-state index contributed by atoms with van der Waals surface area (Å²) in [5, 5.41) is 10.6. The second-order valence-corrected chi connectivity index (χ2v) is 29.5. The van der Waals surface area contributed by atoms with Crippen LogP contribution in [0.1, 0.15) is 336 Å². The van der Waals surface area contributed by atoms with Crippen molar-refractivity contribution in [2.45, 2.75) is 354 Å². The number of aliphatic hydroxyl groups excluding tert-OH is 1. The molecule has 5 unspecified atom stereocenters. The highest BCUT2D eigenvalue weighted by atomic mass is 31.2. The molecule has 0 aliphatic rings. The zero-order valence-electron chi connectivity index (χ0n) is 64.3. The zero-order chi connectivity index (χ0) is 74.6. The van der Waals surface area contributed by atoms with Crippen molar-refractivity contribution in [2.75, 3.05) is 39.6 Å². The van der Waals surface area contributed by atoms with Gasteiger partial charge in [-0.15, -0.1) is 0 Å². The fourth-order valence-electron chi connectivity index (χ4n) is 10.7. The topological polar surface area (TPSA) is 237 Å². The summed E-state index contributed by atoms with van der Waals surface area (Å²) >= 11 is 0. The van der Waals surface area contributed by atoms with E-state index in [2.05, 4.69) is 137 Å². The minimum atomic E-state index is -4.99. The third-order valence-electron chi connectivity index (χ3n) is 16.7. The van der Waals surface area contributed by atoms with Crippen LogP contribution in [0.5, 0.6) is 0 Å². The van der Waals surface area contributed by atoms with Crippen LogP contribution in [0.15, 0.2) is 109 Å². The van der Waals surface area contributed by atoms with E-state index in [0.717, 1.165) is 180 Å². The lowest BCUT2D eigenvalue weighted by Gasteiger charge is -2.21. The SMILES string of the molecule is CC/C=C\C/C=C\C/C=C\C/C=C\C/C=C\CCCCCC(=O)OCC(COP(=O)(O)OCC(O)COP(=O)(O)OCC(COC(=O)CCCCCCC/C=C\CCCCCCCC)OC(=O)CCCCCCCCCCCCC)OC(=O)CCCCCCCCC/C=C\C/C=C\C/C=C\CC. The normalized spacial score (nSPS) is 14.5. The van der Waals surface area contributed by atoms with Crippen LogP contribution >= 0.6 is 15.6 Å². The highest BCUT2D eigenvalue weighted by molar-refractivity contribution is 7.47. The number of phosphoric acid groups is 2. The van der Waals surface area contributed by atoms with Gasteiger partial charge in [-0.25, -0.2) is 9.13 Å². The van der Waals surface area contributed by atoms with Crippen molar-refractivity contribution in [2.24, 2.45) is 0 Å². The highest BCUT2D eigenvalue weighted by Crippen LogP contribution is 2.45. The van der Waals surface area contributed by atoms with Gasteiger partial charge in [-0.1, -0.05) is 291 Å². The van der Waals surface area contributed by atoms with Gasteiger partial charge in [0.1, 0.15) is 19.3 Å². The summed E-state index contributed by atoms with van der Waals surface area (Å²) in [6.07, 6.45) is 80.7. The van der Waals surface area contributed by atoms with Gasteiger partial charge in [-0.05, 0) is 128 Å². The quantitative estimate of drug-likeness (QED) is 0.0169. The van der Waals surface area contributed by atoms with Crippen LogP contribution in [-0.2, 0) is 65.4 Å². The fraction of sp³-hybridized carbons (Fsp3) is 0.735. The second-order valence-electron chi connectivity index (χ2n) is 26.6. The standard InChI is InChI=1S/C83H144O17P2/c1-5-9-13-17-21-25-29-32-35-37-38-40-42-45-49-52-56-60-64-68-81(86)94-74-79(100-83(88)70-66-62-58-54-50-46-43-39-36-33-30-26-22-18-14-10-6-2)76-98-102(91,92)96-72-77(84)71-95-101(89,90)97-75-78(99-82(87)69-65-61-57-53-47-28-24-20-16-12-8-4)73-93-80(85)67-63-59-55-51-48-44-41-34-31-27-23-19-15-11-7-3/h9-10,13-14,21-22,25-26,32-36,38,40-41,45,49,77-79,84H,5-8,11-12,15-20,23-24,27-31,37,39,42-44,46-48,50-76H2,1-4H3,(H,89,90)(H,91,92)/b13-9-,14-10-,25-21-,26-22-,35-32-,36-33-,40-38-,41-34-,49-45-. The van der Waals surface area contributed by atoms with Gasteiger partial charge in [-0.2, -0.15) is 0 Å². The number of aliphatic hydroxyl groups is 1. The Morgan fingerprint density at radius 3 is 0.804 bits per heavy atom. The number of unbranched alkanes of at least 4 members (excludes halogenated alkanes) is 31. The van der Waals surface area contributed by atoms with Gasteiger partial charge in [0.05, 0.1) is 26.4 Å². The molecular weight excluding hydrogens is 1330 g/mol. The number of carbonyl (C=O) groups is 4. The van der Waals surface area contributed by atoms with Gasteiger partial charge in [0.25, 0.3) is 0 Å². The number of hydrogen-bond acceptors (Lipinski definition) is 15. The number of phosphoric ester groups is 2. The van der Waals surface area contributed by atoms with Crippen molar-refractivity contribution in [1.29, 1.82) is 0 Å². The Bertz CT molecular complexity index is 2360. The Balaban J connectivity index is 5.37. The van der Waals surface area contributed by atoms with Crippen LogP contribution in [0.2, 0.25) is 0 Å². The summed E-state index contributed by atoms with van der Waals surface area (Å²) in [6.45, 7) is 4.62. The third-order valence-corrected chi connectivity index (χ3v) is 18.6. The molecule has 588 valence electrons. The molecule has 102 heavy (non-hydrogen) atoms. The Morgan fingerprint density at radius 1 is 0.284 bits per heavy atom. The zero-order valence-corrected chi connectivity index (χ0v) is 66.0. The molecule has 0 aromatic heterocycles. The van der Waals surface area contributed by atoms with Gasteiger partial charge >= 0.3 is 39.5 Å². The molecule has 0 saturated carbocycles. The number of esters is 4. The van der Waals surface area contributed by atoms with E-state index >= 15 is 0 Å². The van der Waals surface area contributed by atoms with E-state index in [0.29, 0.717) is 25.7 Å². The molecule has 19 heteroatoms. The summed E-state index contributed by atoms with van der Waals surface area (Å²) in [7, 11) is -9.96. The molecule has 0 saturated heterocycles. The highest BCUT2D eigenvalue weighted by Gasteiger charge is 2.30. The first-order valence-corrected chi connectivity index (χ1v) is 43.1. The number of ether oxygens (including phenoxy) is 4. The summed E-state index contributed by atoms with van der Waals surface area (Å²) in [4.78, 5) is 73.0. The first kappa shape index (κ1) is 97.7. The molecule has 0 aliphatic carbocycles. The van der Waals surface area contributed by atoms with E-state index in [9.17, 15) is 43.2 Å². The summed E-state index contributed by atoms with van der Waals surface area (Å²) in [5.74, 6) is -2.22. The van der Waals surface area contributed by atoms with Crippen molar-refractivity contribution in [3.8, 4) is 0 Å². The molecular formula is C83H144O17P2. The van der Waals surface area contributed by atoms with Crippen LogP contribution in [0.3, 0.4) is 0 Å². The molecule has 0 aromatic carbocycles. The van der Waals surface area contributed by atoms with E-state index in [1.165, 1.54) is 77.0 Å². The van der Waals surface area contributed by atoms with Crippen LogP contribution in [0, 0.1) is 0 Å². The maximum absolute atomic E-state index is 13.1. The van der Waals surface area contributed by atoms with Crippen molar-refractivity contribution in [3.05, 3.63) is 109 Å². The number of carbonyl (C=O) groups excluding carboxylic acids is 4. The van der Waals surface area contributed by atoms with Gasteiger partial charge in [-0.3, -0.25) is 37.3 Å². The molecule has 0 radical (unpaired) electrons. The Kier molecular flexibility index (Phi) is 71.8. The minimum Gasteiger partial charge on any atom is -0.462 e. The van der Waals surface area contributed by atoms with Crippen LogP contribution in [0.4, 0.5) is 0 Å². The molecule has 0 aliphatic heterocycles. The molecule has 0 aromatic rings. The van der Waals surface area contributed by atoms with Gasteiger partial charge in [0, 0.05) is 25.7 Å². The van der Waals surface area contributed by atoms with Crippen molar-refractivity contribution >= 4 is 39.5 Å². The molecule has 5 atom stereocenters. The van der Waals surface area contributed by atoms with E-state index in [-0.39, 0.29) is 25.7 Å². The van der Waals surface area contributed by atoms with E-state index in [1.807, 2.05) is 0 Å². The Labute approximate surface area is 619 Å².